The van der Waals surface area contributed by atoms with Crippen LogP contribution in [-0.4, -0.2) is 43.5 Å². The van der Waals surface area contributed by atoms with Crippen LogP contribution in [0.15, 0.2) is 54.6 Å². The summed E-state index contributed by atoms with van der Waals surface area (Å²) in [6.07, 6.45) is 0. The Morgan fingerprint density at radius 2 is 1.73 bits per heavy atom. The minimum atomic E-state index is -1.29. The van der Waals surface area contributed by atoms with E-state index in [0.29, 0.717) is 27.8 Å². The van der Waals surface area contributed by atoms with Gasteiger partial charge in [0.2, 0.25) is 5.91 Å². The number of anilines is 1. The number of urea groups is 1. The zero-order chi connectivity index (χ0) is 23.8. The van der Waals surface area contributed by atoms with E-state index in [1.54, 1.807) is 13.0 Å². The molecule has 1 atom stereocenters. The summed E-state index contributed by atoms with van der Waals surface area (Å²) in [6, 6.07) is 15.6. The summed E-state index contributed by atoms with van der Waals surface area (Å²) < 4.78 is 10.4. The van der Waals surface area contributed by atoms with Crippen LogP contribution >= 0.6 is 11.6 Å². The molecule has 1 fully saturated rings. The third-order valence-corrected chi connectivity index (χ3v) is 5.95. The predicted molar refractivity (Wildman–Crippen MR) is 125 cm³/mol. The highest BCUT2D eigenvalue weighted by molar-refractivity contribution is 6.32. The molecule has 9 heteroatoms. The van der Waals surface area contributed by atoms with Gasteiger partial charge < -0.3 is 20.1 Å². The van der Waals surface area contributed by atoms with Crippen LogP contribution < -0.4 is 20.1 Å². The van der Waals surface area contributed by atoms with Gasteiger partial charge in [0.05, 0.1) is 24.9 Å². The Labute approximate surface area is 195 Å². The van der Waals surface area contributed by atoms with E-state index in [2.05, 4.69) is 10.6 Å². The number of amides is 4. The molecule has 2 N–H and O–H groups in total. The molecule has 3 aromatic rings. The van der Waals surface area contributed by atoms with Gasteiger partial charge >= 0.3 is 6.03 Å². The summed E-state index contributed by atoms with van der Waals surface area (Å²) in [4.78, 5) is 39.5. The number of nitrogens with one attached hydrogen (secondary N) is 2. The highest BCUT2D eigenvalue weighted by atomic mass is 35.5. The summed E-state index contributed by atoms with van der Waals surface area (Å²) >= 11 is 6.09. The Balaban J connectivity index is 1.55. The summed E-state index contributed by atoms with van der Waals surface area (Å²) in [5.74, 6) is -0.443. The van der Waals surface area contributed by atoms with Crippen molar-refractivity contribution in [3.05, 3.63) is 65.2 Å². The highest BCUT2D eigenvalue weighted by Crippen LogP contribution is 2.36. The van der Waals surface area contributed by atoms with Crippen molar-refractivity contribution in [3.8, 4) is 11.5 Å². The Hall–Kier alpha value is -3.78. The van der Waals surface area contributed by atoms with Gasteiger partial charge in [-0.15, -0.1) is 0 Å². The Morgan fingerprint density at radius 3 is 2.42 bits per heavy atom. The third kappa shape index (κ3) is 4.05. The number of rotatable bonds is 6. The lowest BCUT2D eigenvalue weighted by Crippen LogP contribution is -2.42. The van der Waals surface area contributed by atoms with Gasteiger partial charge in [-0.1, -0.05) is 48.0 Å². The number of hydrogen-bond donors (Lipinski definition) is 2. The molecule has 3 aromatic carbocycles. The topological polar surface area (TPSA) is 97.0 Å². The molecule has 0 bridgehead atoms. The highest BCUT2D eigenvalue weighted by Gasteiger charge is 2.49. The maximum Gasteiger partial charge on any atom is 0.325 e. The first-order chi connectivity index (χ1) is 15.8. The molecule has 0 aromatic heterocycles. The van der Waals surface area contributed by atoms with E-state index in [0.717, 1.165) is 15.7 Å². The lowest BCUT2D eigenvalue weighted by Gasteiger charge is -2.22. The summed E-state index contributed by atoms with van der Waals surface area (Å²) in [7, 11) is 2.88. The zero-order valence-corrected chi connectivity index (χ0v) is 19.0. The minimum Gasteiger partial charge on any atom is -0.495 e. The SMILES string of the molecule is COc1cc(NC(=O)CN2C(=O)N[C@](C)(c3ccc4ccccc4c3)C2=O)c(OC)cc1Cl. The van der Waals surface area contributed by atoms with E-state index >= 15 is 0 Å². The molecule has 0 spiro atoms. The second-order valence-electron chi connectivity index (χ2n) is 7.74. The number of halogens is 1. The number of methoxy groups -OCH3 is 2. The Bertz CT molecular complexity index is 1280. The first-order valence-corrected chi connectivity index (χ1v) is 10.5. The van der Waals surface area contributed by atoms with Crippen LogP contribution in [0.25, 0.3) is 10.8 Å². The van der Waals surface area contributed by atoms with Crippen molar-refractivity contribution >= 4 is 45.9 Å². The molecule has 170 valence electrons. The molecule has 0 saturated carbocycles. The molecule has 0 radical (unpaired) electrons. The molecular weight excluding hydrogens is 446 g/mol. The molecule has 1 aliphatic heterocycles. The fraction of sp³-hybridized carbons (Fsp3) is 0.208. The summed E-state index contributed by atoms with van der Waals surface area (Å²) in [6.45, 7) is 1.16. The van der Waals surface area contributed by atoms with E-state index in [1.165, 1.54) is 26.4 Å². The normalized spacial score (nSPS) is 17.8. The van der Waals surface area contributed by atoms with Gasteiger partial charge in [0.1, 0.15) is 23.6 Å². The molecule has 1 aliphatic rings. The Morgan fingerprint density at radius 1 is 1.03 bits per heavy atom. The van der Waals surface area contributed by atoms with Crippen molar-refractivity contribution in [2.45, 2.75) is 12.5 Å². The van der Waals surface area contributed by atoms with E-state index < -0.39 is 29.9 Å². The van der Waals surface area contributed by atoms with E-state index in [4.69, 9.17) is 21.1 Å². The average molecular weight is 468 g/mol. The van der Waals surface area contributed by atoms with Gasteiger partial charge in [0.25, 0.3) is 5.91 Å². The van der Waals surface area contributed by atoms with Crippen molar-refractivity contribution in [2.75, 3.05) is 26.1 Å². The van der Waals surface area contributed by atoms with E-state index in [9.17, 15) is 14.4 Å². The van der Waals surface area contributed by atoms with Crippen molar-refractivity contribution in [2.24, 2.45) is 0 Å². The van der Waals surface area contributed by atoms with E-state index in [-0.39, 0.29) is 0 Å². The minimum absolute atomic E-state index is 0.299. The number of benzene rings is 3. The first kappa shape index (κ1) is 22.4. The summed E-state index contributed by atoms with van der Waals surface area (Å²) in [5, 5.41) is 7.64. The molecule has 4 rings (SSSR count). The number of ether oxygens (including phenoxy) is 2. The molecule has 0 unspecified atom stereocenters. The second-order valence-corrected chi connectivity index (χ2v) is 8.15. The fourth-order valence-corrected chi connectivity index (χ4v) is 4.06. The molecule has 8 nitrogen and oxygen atoms in total. The van der Waals surface area contributed by atoms with E-state index in [1.807, 2.05) is 36.4 Å². The van der Waals surface area contributed by atoms with Gasteiger partial charge in [-0.25, -0.2) is 4.79 Å². The molecular formula is C24H22ClN3O5. The lowest BCUT2D eigenvalue weighted by molar-refractivity contribution is -0.133. The van der Waals surface area contributed by atoms with Gasteiger partial charge in [0.15, 0.2) is 0 Å². The molecule has 4 amide bonds. The van der Waals surface area contributed by atoms with Crippen molar-refractivity contribution in [1.82, 2.24) is 10.2 Å². The van der Waals surface area contributed by atoms with Crippen molar-refractivity contribution < 1.29 is 23.9 Å². The average Bonchev–Trinajstić information content (AvgIpc) is 3.03. The fourth-order valence-electron chi connectivity index (χ4n) is 3.83. The van der Waals surface area contributed by atoms with Gasteiger partial charge in [-0.05, 0) is 29.3 Å². The second kappa shape index (κ2) is 8.63. The molecule has 1 heterocycles. The smallest absolute Gasteiger partial charge is 0.325 e. The first-order valence-electron chi connectivity index (χ1n) is 10.1. The van der Waals surface area contributed by atoms with Crippen LogP contribution in [0, 0.1) is 0 Å². The van der Waals surface area contributed by atoms with Gasteiger partial charge in [-0.2, -0.15) is 0 Å². The number of hydrogen-bond acceptors (Lipinski definition) is 5. The van der Waals surface area contributed by atoms with Crippen LogP contribution in [0.1, 0.15) is 12.5 Å². The van der Waals surface area contributed by atoms with Crippen molar-refractivity contribution in [1.29, 1.82) is 0 Å². The molecule has 1 saturated heterocycles. The third-order valence-electron chi connectivity index (χ3n) is 5.65. The molecule has 33 heavy (non-hydrogen) atoms. The van der Waals surface area contributed by atoms with Crippen molar-refractivity contribution in [3.63, 3.8) is 0 Å². The number of carbonyl (C=O) groups is 3. The van der Waals surface area contributed by atoms with Crippen LogP contribution in [0.4, 0.5) is 10.5 Å². The van der Waals surface area contributed by atoms with Crippen LogP contribution in [0.2, 0.25) is 5.02 Å². The maximum absolute atomic E-state index is 13.2. The Kier molecular flexibility index (Phi) is 5.86. The van der Waals surface area contributed by atoms with Crippen LogP contribution in [0.5, 0.6) is 11.5 Å². The van der Waals surface area contributed by atoms with Crippen LogP contribution in [-0.2, 0) is 15.1 Å². The molecule has 0 aliphatic carbocycles. The monoisotopic (exact) mass is 467 g/mol. The van der Waals surface area contributed by atoms with Gasteiger partial charge in [-0.3, -0.25) is 14.5 Å². The van der Waals surface area contributed by atoms with Gasteiger partial charge in [0, 0.05) is 12.1 Å². The number of nitrogens with zero attached hydrogens (tertiary/aromatic N) is 1. The standard InChI is InChI=1S/C24H22ClN3O5/c1-24(16-9-8-14-6-4-5-7-15(14)10-16)22(30)28(23(31)27-24)13-21(29)26-18-12-19(32-2)17(25)11-20(18)33-3/h4-12H,13H2,1-3H3,(H,26,29)(H,27,31)/t24-/m1/s1. The van der Waals surface area contributed by atoms with Crippen LogP contribution in [0.3, 0.4) is 0 Å². The largest absolute Gasteiger partial charge is 0.495 e. The number of imide groups is 1. The zero-order valence-electron chi connectivity index (χ0n) is 18.3. The predicted octanol–water partition coefficient (Wildman–Crippen LogP) is 3.92. The quantitative estimate of drug-likeness (QED) is 0.536. The maximum atomic E-state index is 13.2. The lowest BCUT2D eigenvalue weighted by atomic mass is 9.90. The summed E-state index contributed by atoms with van der Waals surface area (Å²) in [5.41, 5.74) is -0.359. The number of carbonyl (C=O) groups excluding carboxylic acids is 3. The number of fused-ring (bicyclic) bond motifs is 1.